The van der Waals surface area contributed by atoms with Crippen molar-refractivity contribution < 1.29 is 13.9 Å². The van der Waals surface area contributed by atoms with Crippen LogP contribution in [0.2, 0.25) is 0 Å². The topological polar surface area (TPSA) is 30.5 Å². The summed E-state index contributed by atoms with van der Waals surface area (Å²) in [6, 6.07) is 6.88. The summed E-state index contributed by atoms with van der Waals surface area (Å²) in [5, 5.41) is 3.42. The van der Waals surface area contributed by atoms with Crippen LogP contribution in [0.4, 0.5) is 4.39 Å². The minimum absolute atomic E-state index is 0.191. The lowest BCUT2D eigenvalue weighted by molar-refractivity contribution is 0.0687. The molecule has 1 unspecified atom stereocenters. The molecule has 0 aromatic heterocycles. The molecule has 108 valence electrons. The first-order chi connectivity index (χ1) is 9.24. The zero-order chi connectivity index (χ0) is 13.9. The molecule has 0 saturated carbocycles. The molecule has 0 aliphatic rings. The molecule has 1 atom stereocenters. The molecule has 0 amide bonds. The monoisotopic (exact) mass is 269 g/mol. The van der Waals surface area contributed by atoms with Crippen molar-refractivity contribution >= 4 is 0 Å². The highest BCUT2D eigenvalue weighted by molar-refractivity contribution is 5.19. The molecule has 0 spiro atoms. The van der Waals surface area contributed by atoms with Crippen LogP contribution < -0.4 is 5.32 Å². The number of ether oxygens (including phenoxy) is 2. The van der Waals surface area contributed by atoms with Gasteiger partial charge in [0.25, 0.3) is 0 Å². The van der Waals surface area contributed by atoms with E-state index in [4.69, 9.17) is 9.47 Å². The van der Waals surface area contributed by atoms with Crippen LogP contribution in [0, 0.1) is 5.82 Å². The Balaban J connectivity index is 2.04. The molecule has 4 heteroatoms. The molecular weight excluding hydrogens is 245 g/mol. The van der Waals surface area contributed by atoms with Gasteiger partial charge in [0.05, 0.1) is 13.2 Å². The van der Waals surface area contributed by atoms with Gasteiger partial charge in [-0.05, 0) is 44.0 Å². The summed E-state index contributed by atoms with van der Waals surface area (Å²) in [6.07, 6.45) is 2.10. The summed E-state index contributed by atoms with van der Waals surface area (Å²) < 4.78 is 23.1. The average Bonchev–Trinajstić information content (AvgIpc) is 2.42. The molecule has 1 aromatic rings. The second-order valence-electron chi connectivity index (χ2n) is 4.54. The molecule has 0 aliphatic heterocycles. The number of hydrogen-bond acceptors (Lipinski definition) is 3. The Morgan fingerprint density at radius 1 is 1.11 bits per heavy atom. The van der Waals surface area contributed by atoms with Crippen LogP contribution in [0.1, 0.15) is 31.4 Å². The zero-order valence-corrected chi connectivity index (χ0v) is 11.8. The first-order valence-electron chi connectivity index (χ1n) is 6.79. The average molecular weight is 269 g/mol. The molecule has 0 saturated heterocycles. The largest absolute Gasteiger partial charge is 0.382 e. The first-order valence-corrected chi connectivity index (χ1v) is 6.79. The molecule has 0 heterocycles. The molecule has 0 radical (unpaired) electrons. The predicted octanol–water partition coefficient (Wildman–Crippen LogP) is 2.92. The number of unbranched alkanes of at least 4 members (excludes halogenated alkanes) is 1. The first kappa shape index (κ1) is 16.1. The number of methoxy groups -OCH3 is 1. The molecule has 19 heavy (non-hydrogen) atoms. The van der Waals surface area contributed by atoms with Crippen molar-refractivity contribution in [1.29, 1.82) is 0 Å². The maximum absolute atomic E-state index is 12.8. The molecule has 3 nitrogen and oxygen atoms in total. The fourth-order valence-electron chi connectivity index (χ4n) is 1.76. The van der Waals surface area contributed by atoms with Crippen molar-refractivity contribution in [2.75, 3.05) is 33.5 Å². The van der Waals surface area contributed by atoms with Gasteiger partial charge in [-0.3, -0.25) is 0 Å². The van der Waals surface area contributed by atoms with E-state index in [0.717, 1.165) is 31.6 Å². The lowest BCUT2D eigenvalue weighted by Crippen LogP contribution is -2.20. The van der Waals surface area contributed by atoms with E-state index >= 15 is 0 Å². The Morgan fingerprint density at radius 3 is 2.53 bits per heavy atom. The van der Waals surface area contributed by atoms with E-state index in [-0.39, 0.29) is 11.9 Å². The summed E-state index contributed by atoms with van der Waals surface area (Å²) in [4.78, 5) is 0. The highest BCUT2D eigenvalue weighted by Gasteiger charge is 2.03. The van der Waals surface area contributed by atoms with Crippen LogP contribution in [-0.2, 0) is 9.47 Å². The van der Waals surface area contributed by atoms with Gasteiger partial charge in [-0.2, -0.15) is 0 Å². The summed E-state index contributed by atoms with van der Waals surface area (Å²) in [7, 11) is 1.67. The standard InChI is InChI=1S/C15H24FNO2/c1-13(14-5-7-15(16)8-6-14)17-9-3-4-10-19-12-11-18-2/h5-8,13,17H,3-4,9-12H2,1-2H3. The van der Waals surface area contributed by atoms with Crippen molar-refractivity contribution in [2.45, 2.75) is 25.8 Å². The summed E-state index contributed by atoms with van der Waals surface area (Å²) in [5.41, 5.74) is 1.11. The predicted molar refractivity (Wildman–Crippen MR) is 74.7 cm³/mol. The Bertz CT molecular complexity index is 329. The van der Waals surface area contributed by atoms with Gasteiger partial charge in [-0.15, -0.1) is 0 Å². The lowest BCUT2D eigenvalue weighted by atomic mass is 10.1. The molecular formula is C15H24FNO2. The highest BCUT2D eigenvalue weighted by atomic mass is 19.1. The van der Waals surface area contributed by atoms with Crippen molar-refractivity contribution in [3.05, 3.63) is 35.6 Å². The minimum Gasteiger partial charge on any atom is -0.382 e. The van der Waals surface area contributed by atoms with Crippen LogP contribution >= 0.6 is 0 Å². The van der Waals surface area contributed by atoms with E-state index in [0.29, 0.717) is 13.2 Å². The van der Waals surface area contributed by atoms with Crippen molar-refractivity contribution in [3.63, 3.8) is 0 Å². The van der Waals surface area contributed by atoms with E-state index in [9.17, 15) is 4.39 Å². The van der Waals surface area contributed by atoms with E-state index in [1.54, 1.807) is 7.11 Å². The lowest BCUT2D eigenvalue weighted by Gasteiger charge is -2.14. The quantitative estimate of drug-likeness (QED) is 0.662. The van der Waals surface area contributed by atoms with E-state index < -0.39 is 0 Å². The third kappa shape index (κ3) is 7.25. The van der Waals surface area contributed by atoms with Crippen LogP contribution in [0.3, 0.4) is 0 Å². The van der Waals surface area contributed by atoms with Gasteiger partial charge in [0.1, 0.15) is 5.82 Å². The summed E-state index contributed by atoms with van der Waals surface area (Å²) >= 11 is 0. The van der Waals surface area contributed by atoms with Crippen molar-refractivity contribution in [1.82, 2.24) is 5.32 Å². The number of benzene rings is 1. The fourth-order valence-corrected chi connectivity index (χ4v) is 1.76. The van der Waals surface area contributed by atoms with Crippen LogP contribution in [0.15, 0.2) is 24.3 Å². The molecule has 0 bridgehead atoms. The van der Waals surface area contributed by atoms with Gasteiger partial charge in [0.15, 0.2) is 0 Å². The van der Waals surface area contributed by atoms with Crippen molar-refractivity contribution in [3.8, 4) is 0 Å². The minimum atomic E-state index is -0.191. The Hall–Kier alpha value is -0.970. The Morgan fingerprint density at radius 2 is 1.84 bits per heavy atom. The fraction of sp³-hybridized carbons (Fsp3) is 0.600. The van der Waals surface area contributed by atoms with Gasteiger partial charge in [0, 0.05) is 19.8 Å². The molecule has 1 N–H and O–H groups in total. The number of rotatable bonds is 10. The maximum Gasteiger partial charge on any atom is 0.123 e. The summed E-state index contributed by atoms with van der Waals surface area (Å²) in [6.45, 7) is 5.11. The molecule has 0 fully saturated rings. The van der Waals surface area contributed by atoms with Crippen LogP contribution in [0.25, 0.3) is 0 Å². The van der Waals surface area contributed by atoms with Crippen molar-refractivity contribution in [2.24, 2.45) is 0 Å². The molecule has 1 aromatic carbocycles. The van der Waals surface area contributed by atoms with Gasteiger partial charge < -0.3 is 14.8 Å². The smallest absolute Gasteiger partial charge is 0.123 e. The van der Waals surface area contributed by atoms with E-state index in [2.05, 4.69) is 12.2 Å². The second kappa shape index (κ2) is 9.89. The van der Waals surface area contributed by atoms with Gasteiger partial charge in [-0.25, -0.2) is 4.39 Å². The van der Waals surface area contributed by atoms with E-state index in [1.807, 2.05) is 12.1 Å². The SMILES string of the molecule is COCCOCCCCNC(C)c1ccc(F)cc1. The zero-order valence-electron chi connectivity index (χ0n) is 11.8. The van der Waals surface area contributed by atoms with Crippen LogP contribution in [0.5, 0.6) is 0 Å². The normalized spacial score (nSPS) is 12.6. The third-order valence-electron chi connectivity index (χ3n) is 2.97. The Kier molecular flexibility index (Phi) is 8.38. The van der Waals surface area contributed by atoms with Gasteiger partial charge in [0.2, 0.25) is 0 Å². The Labute approximate surface area is 115 Å². The summed E-state index contributed by atoms with van der Waals surface area (Å²) in [5.74, 6) is -0.191. The van der Waals surface area contributed by atoms with Gasteiger partial charge in [-0.1, -0.05) is 12.1 Å². The number of hydrogen-bond donors (Lipinski definition) is 1. The third-order valence-corrected chi connectivity index (χ3v) is 2.97. The number of nitrogens with one attached hydrogen (secondary N) is 1. The number of halogens is 1. The van der Waals surface area contributed by atoms with Crippen LogP contribution in [-0.4, -0.2) is 33.5 Å². The molecule has 0 aliphatic carbocycles. The van der Waals surface area contributed by atoms with E-state index in [1.165, 1.54) is 12.1 Å². The molecule has 1 rings (SSSR count). The second-order valence-corrected chi connectivity index (χ2v) is 4.54. The van der Waals surface area contributed by atoms with Gasteiger partial charge >= 0.3 is 0 Å². The highest BCUT2D eigenvalue weighted by Crippen LogP contribution is 2.12. The maximum atomic E-state index is 12.8.